The smallest absolute Gasteiger partial charge is 0.339 e. The van der Waals surface area contributed by atoms with E-state index in [1.54, 1.807) is 0 Å². The van der Waals surface area contributed by atoms with Crippen LogP contribution in [0.25, 0.3) is 22.6 Å². The first-order valence-electron chi connectivity index (χ1n) is 10.5. The van der Waals surface area contributed by atoms with Crippen LogP contribution in [0.3, 0.4) is 0 Å². The van der Waals surface area contributed by atoms with E-state index in [1.807, 2.05) is 0 Å². The van der Waals surface area contributed by atoms with Gasteiger partial charge < -0.3 is 9.72 Å². The number of hydrogen-bond acceptors (Lipinski definition) is 6. The van der Waals surface area contributed by atoms with Crippen LogP contribution in [-0.2, 0) is 10.3 Å². The van der Waals surface area contributed by atoms with Gasteiger partial charge in [0.15, 0.2) is 11.5 Å². The Hall–Kier alpha value is -3.82. The molecule has 0 radical (unpaired) electrons. The number of ether oxygens (including phenoxy) is 1. The summed E-state index contributed by atoms with van der Waals surface area (Å²) in [6, 6.07) is 4.35. The second kappa shape index (κ2) is 7.09. The van der Waals surface area contributed by atoms with Gasteiger partial charge in [-0.1, -0.05) is 0 Å². The second-order valence-corrected chi connectivity index (χ2v) is 8.39. The summed E-state index contributed by atoms with van der Waals surface area (Å²) in [4.78, 5) is 32.3. The summed E-state index contributed by atoms with van der Waals surface area (Å²) in [7, 11) is 0. The molecule has 0 atom stereocenters. The van der Waals surface area contributed by atoms with Crippen LogP contribution in [0, 0.1) is 17.6 Å². The summed E-state index contributed by atoms with van der Waals surface area (Å²) in [6.45, 7) is 0. The van der Waals surface area contributed by atoms with Crippen LogP contribution in [0.1, 0.15) is 53.3 Å². The van der Waals surface area contributed by atoms with E-state index in [0.717, 1.165) is 18.2 Å². The molecule has 1 aromatic carbocycles. The summed E-state index contributed by atoms with van der Waals surface area (Å²) in [5.74, 6) is -1.76. The van der Waals surface area contributed by atoms with Gasteiger partial charge in [0.05, 0.1) is 17.3 Å². The van der Waals surface area contributed by atoms with Crippen LogP contribution in [0.2, 0.25) is 0 Å². The molecular weight excluding hydrogens is 435 g/mol. The van der Waals surface area contributed by atoms with E-state index < -0.39 is 29.2 Å². The fourth-order valence-electron chi connectivity index (χ4n) is 4.80. The number of aromatic amines is 1. The molecule has 1 fully saturated rings. The largest absolute Gasteiger partial charge is 0.450 e. The highest BCUT2D eigenvalue weighted by molar-refractivity contribution is 5.94. The van der Waals surface area contributed by atoms with Gasteiger partial charge in [0.1, 0.15) is 28.6 Å². The molecule has 166 valence electrons. The Morgan fingerprint density at radius 1 is 1.00 bits per heavy atom. The molecule has 33 heavy (non-hydrogen) atoms. The molecule has 1 N–H and O–H groups in total. The lowest BCUT2D eigenvalue weighted by molar-refractivity contribution is -0.0313. The predicted molar refractivity (Wildman–Crippen MR) is 110 cm³/mol. The fraction of sp³-hybridized carbons (Fsp3) is 0.261. The molecule has 10 heteroatoms. The summed E-state index contributed by atoms with van der Waals surface area (Å²) >= 11 is 0. The van der Waals surface area contributed by atoms with Crippen molar-refractivity contribution in [3.63, 3.8) is 0 Å². The molecule has 7 nitrogen and oxygen atoms in total. The van der Waals surface area contributed by atoms with Gasteiger partial charge in [-0.2, -0.15) is 4.39 Å². The van der Waals surface area contributed by atoms with Crippen LogP contribution in [0.5, 0.6) is 0 Å². The standard InChI is InChI=1S/C23H16F3N5O2/c24-12-1-2-13(16(25)7-12)20-28-10-17-21(31-20)30-19(29-17)11-3-5-23(6-4-11)15-9-27-18(26)8-14(15)22(32)33-23/h1-2,7-11H,3-6H2,(H,28,29,30,31). The van der Waals surface area contributed by atoms with Crippen molar-refractivity contribution in [2.45, 2.75) is 37.2 Å². The van der Waals surface area contributed by atoms with E-state index in [0.29, 0.717) is 48.2 Å². The summed E-state index contributed by atoms with van der Waals surface area (Å²) < 4.78 is 46.5. The van der Waals surface area contributed by atoms with Crippen LogP contribution in [0.15, 0.2) is 36.7 Å². The monoisotopic (exact) mass is 451 g/mol. The predicted octanol–water partition coefficient (Wildman–Crippen LogP) is 4.56. The van der Waals surface area contributed by atoms with Crippen molar-refractivity contribution < 1.29 is 22.7 Å². The number of carbonyl (C=O) groups excluding carboxylic acids is 1. The molecule has 1 aliphatic heterocycles. The number of benzene rings is 1. The average molecular weight is 451 g/mol. The number of nitrogens with zero attached hydrogens (tertiary/aromatic N) is 4. The first kappa shape index (κ1) is 19.8. The number of halogens is 3. The first-order valence-corrected chi connectivity index (χ1v) is 10.5. The van der Waals surface area contributed by atoms with Crippen molar-refractivity contribution in [2.24, 2.45) is 0 Å². The number of esters is 1. The van der Waals surface area contributed by atoms with E-state index in [-0.39, 0.29) is 22.9 Å². The number of fused-ring (bicyclic) bond motifs is 3. The maximum atomic E-state index is 14.1. The number of aromatic nitrogens is 5. The summed E-state index contributed by atoms with van der Waals surface area (Å²) in [5, 5.41) is 0. The zero-order valence-corrected chi connectivity index (χ0v) is 17.1. The topological polar surface area (TPSA) is 93.6 Å². The molecule has 4 aromatic rings. The molecule has 2 aliphatic rings. The van der Waals surface area contributed by atoms with Crippen LogP contribution in [-0.4, -0.2) is 30.9 Å². The number of H-pyrrole nitrogens is 1. The van der Waals surface area contributed by atoms with Crippen LogP contribution >= 0.6 is 0 Å². The minimum atomic E-state index is -0.789. The Labute approximate surface area is 185 Å². The molecule has 1 saturated carbocycles. The quantitative estimate of drug-likeness (QED) is 0.355. The minimum Gasteiger partial charge on any atom is -0.450 e. The third-order valence-electron chi connectivity index (χ3n) is 6.48. The van der Waals surface area contributed by atoms with Crippen molar-refractivity contribution in [2.75, 3.05) is 0 Å². The van der Waals surface area contributed by atoms with Gasteiger partial charge in [-0.05, 0) is 37.8 Å². The molecule has 0 saturated heterocycles. The maximum absolute atomic E-state index is 14.1. The van der Waals surface area contributed by atoms with Gasteiger partial charge >= 0.3 is 5.97 Å². The Morgan fingerprint density at radius 2 is 1.82 bits per heavy atom. The van der Waals surface area contributed by atoms with E-state index in [9.17, 15) is 18.0 Å². The highest BCUT2D eigenvalue weighted by atomic mass is 19.1. The Morgan fingerprint density at radius 3 is 2.61 bits per heavy atom. The van der Waals surface area contributed by atoms with Crippen LogP contribution in [0.4, 0.5) is 13.2 Å². The third-order valence-corrected chi connectivity index (χ3v) is 6.48. The number of pyridine rings is 1. The molecular formula is C23H16F3N5O2. The van der Waals surface area contributed by atoms with Crippen molar-refractivity contribution in [1.82, 2.24) is 24.9 Å². The normalized spacial score (nSPS) is 22.0. The summed E-state index contributed by atoms with van der Waals surface area (Å²) in [6.07, 6.45) is 5.38. The Kier molecular flexibility index (Phi) is 4.26. The molecule has 4 heterocycles. The lowest BCUT2D eigenvalue weighted by atomic mass is 9.75. The average Bonchev–Trinajstić information content (AvgIpc) is 3.33. The first-order chi connectivity index (χ1) is 15.9. The van der Waals surface area contributed by atoms with Gasteiger partial charge in [0.2, 0.25) is 5.95 Å². The van der Waals surface area contributed by atoms with E-state index in [2.05, 4.69) is 24.9 Å². The van der Waals surface area contributed by atoms with Gasteiger partial charge in [-0.15, -0.1) is 0 Å². The lowest BCUT2D eigenvalue weighted by Gasteiger charge is -2.35. The van der Waals surface area contributed by atoms with Gasteiger partial charge in [-0.25, -0.2) is 33.5 Å². The van der Waals surface area contributed by atoms with E-state index in [4.69, 9.17) is 4.74 Å². The Bertz CT molecular complexity index is 1430. The van der Waals surface area contributed by atoms with Crippen molar-refractivity contribution in [3.8, 4) is 11.4 Å². The van der Waals surface area contributed by atoms with Crippen molar-refractivity contribution in [1.29, 1.82) is 0 Å². The van der Waals surface area contributed by atoms with E-state index in [1.165, 1.54) is 18.5 Å². The van der Waals surface area contributed by atoms with Gasteiger partial charge in [0, 0.05) is 29.8 Å². The minimum absolute atomic E-state index is 0.0620. The number of carbonyl (C=O) groups is 1. The molecule has 1 spiro atoms. The zero-order valence-electron chi connectivity index (χ0n) is 17.1. The molecule has 0 unspecified atom stereocenters. The van der Waals surface area contributed by atoms with Crippen molar-refractivity contribution in [3.05, 3.63) is 71.2 Å². The van der Waals surface area contributed by atoms with E-state index >= 15 is 0 Å². The highest BCUT2D eigenvalue weighted by Gasteiger charge is 2.48. The second-order valence-electron chi connectivity index (χ2n) is 8.39. The fourth-order valence-corrected chi connectivity index (χ4v) is 4.80. The number of nitrogens with one attached hydrogen (secondary N) is 1. The number of hydrogen-bond donors (Lipinski definition) is 1. The van der Waals surface area contributed by atoms with Gasteiger partial charge in [0.25, 0.3) is 0 Å². The van der Waals surface area contributed by atoms with Gasteiger partial charge in [-0.3, -0.25) is 0 Å². The molecule has 3 aromatic heterocycles. The molecule has 6 rings (SSSR count). The maximum Gasteiger partial charge on any atom is 0.339 e. The molecule has 0 bridgehead atoms. The summed E-state index contributed by atoms with van der Waals surface area (Å²) in [5.41, 5.74) is 1.16. The number of rotatable bonds is 2. The molecule has 1 aliphatic carbocycles. The Balaban J connectivity index is 1.26. The SMILES string of the molecule is O=C1OC2(CCC(c3nc4nc(-c5ccc(F)cc5F)ncc4[nH]3)CC2)c2cnc(F)cc21. The lowest BCUT2D eigenvalue weighted by Crippen LogP contribution is -2.31. The molecule has 0 amide bonds. The zero-order chi connectivity index (χ0) is 22.7. The number of imidazole rings is 1. The highest BCUT2D eigenvalue weighted by Crippen LogP contribution is 2.49. The van der Waals surface area contributed by atoms with Crippen LogP contribution < -0.4 is 0 Å². The van der Waals surface area contributed by atoms with Crippen molar-refractivity contribution >= 4 is 17.1 Å². The third kappa shape index (κ3) is 3.16.